The minimum absolute atomic E-state index is 0.180. The van der Waals surface area contributed by atoms with Crippen molar-refractivity contribution in [2.75, 3.05) is 5.73 Å². The molecule has 0 aliphatic carbocycles. The molecule has 20 heavy (non-hydrogen) atoms. The molecular weight excluding hydrogens is 286 g/mol. The van der Waals surface area contributed by atoms with E-state index in [9.17, 15) is 0 Å². The number of hydrogen-bond donors (Lipinski definition) is 1. The first kappa shape index (κ1) is 16.8. The lowest BCUT2D eigenvalue weighted by molar-refractivity contribution is -0.0762. The lowest BCUT2D eigenvalue weighted by atomic mass is 9.89. The number of rotatable bonds is 6. The first-order valence-corrected chi connectivity index (χ1v) is 9.02. The summed E-state index contributed by atoms with van der Waals surface area (Å²) in [4.78, 5) is 8.05. The van der Waals surface area contributed by atoms with E-state index >= 15 is 0 Å². The Kier molecular flexibility index (Phi) is 6.88. The first-order valence-electron chi connectivity index (χ1n) is 6.21. The van der Waals surface area contributed by atoms with Crippen LogP contribution in [0, 0.1) is 17.3 Å². The van der Waals surface area contributed by atoms with Crippen LogP contribution >= 0.6 is 0 Å². The van der Waals surface area contributed by atoms with Gasteiger partial charge in [-0.2, -0.15) is 0 Å². The second-order valence-electron chi connectivity index (χ2n) is 4.77. The van der Waals surface area contributed by atoms with Gasteiger partial charge in [0.15, 0.2) is 0 Å². The van der Waals surface area contributed by atoms with E-state index in [0.717, 1.165) is 0 Å². The highest BCUT2D eigenvalue weighted by Crippen LogP contribution is 2.27. The van der Waals surface area contributed by atoms with Crippen molar-refractivity contribution in [3.63, 3.8) is 0 Å². The van der Waals surface area contributed by atoms with Crippen LogP contribution in [0.15, 0.2) is 12.4 Å². The zero-order valence-electron chi connectivity index (χ0n) is 12.2. The van der Waals surface area contributed by atoms with Gasteiger partial charge in [0.25, 0.3) is 0 Å². The molecule has 0 fully saturated rings. The minimum Gasteiger partial charge on any atom is -0.394 e. The average Bonchev–Trinajstić information content (AvgIpc) is 2.41. The molecule has 2 N–H and O–H groups in total. The Labute approximate surface area is 125 Å². The molecule has 0 saturated heterocycles. The van der Waals surface area contributed by atoms with Gasteiger partial charge in [0, 0.05) is 11.8 Å². The summed E-state index contributed by atoms with van der Waals surface area (Å²) in [5.41, 5.74) is 5.91. The topological polar surface area (TPSA) is 70.3 Å². The molecule has 4 radical (unpaired) electrons. The maximum absolute atomic E-state index is 5.67. The molecule has 5 nitrogen and oxygen atoms in total. The highest BCUT2D eigenvalue weighted by Gasteiger charge is 2.29. The molecule has 0 atom stereocenters. The van der Waals surface area contributed by atoms with E-state index in [2.05, 4.69) is 35.7 Å². The predicted octanol–water partition coefficient (Wildman–Crippen LogP) is 1.52. The number of anilines is 1. The van der Waals surface area contributed by atoms with Crippen LogP contribution in [0.25, 0.3) is 0 Å². The molecule has 0 spiro atoms. The van der Waals surface area contributed by atoms with Gasteiger partial charge in [0.1, 0.15) is 17.8 Å². The number of nitrogens with zero attached hydrogens (tertiary/aromatic N) is 2. The summed E-state index contributed by atoms with van der Waals surface area (Å²) in [5, 5.41) is 0. The molecule has 0 saturated carbocycles. The fraction of sp³-hybridized carbons (Fsp3) is 0.538. The van der Waals surface area contributed by atoms with Crippen molar-refractivity contribution in [2.24, 2.45) is 5.41 Å². The van der Waals surface area contributed by atoms with E-state index in [4.69, 9.17) is 14.6 Å². The Balaban J connectivity index is 2.68. The van der Waals surface area contributed by atoms with E-state index in [1.807, 2.05) is 13.1 Å². The summed E-state index contributed by atoms with van der Waals surface area (Å²) >= 11 is 0. The molecule has 106 valence electrons. The van der Waals surface area contributed by atoms with Gasteiger partial charge in [-0.25, -0.2) is 9.97 Å². The van der Waals surface area contributed by atoms with Crippen LogP contribution < -0.4 is 5.73 Å². The Bertz CT molecular complexity index is 463. The molecule has 0 bridgehead atoms. The Hall–Kier alpha value is -1.21. The summed E-state index contributed by atoms with van der Waals surface area (Å²) in [6, 6.07) is 0. The van der Waals surface area contributed by atoms with Crippen molar-refractivity contribution in [2.45, 2.75) is 39.7 Å². The standard InChI is InChI=1S/C13H19N3O2Si2/c1-13(2,12(17-19-3)18-20-4)7-5-6-10-8-16-11(14)9-15-10/h8-9,12H,7H2,1-4H3,(H2,14,16). The molecule has 0 amide bonds. The van der Waals surface area contributed by atoms with Gasteiger partial charge in [0.2, 0.25) is 19.5 Å². The quantitative estimate of drug-likeness (QED) is 0.490. The Morgan fingerprint density at radius 3 is 2.40 bits per heavy atom. The minimum atomic E-state index is -0.235. The van der Waals surface area contributed by atoms with Gasteiger partial charge >= 0.3 is 0 Å². The van der Waals surface area contributed by atoms with Gasteiger partial charge in [-0.1, -0.05) is 19.8 Å². The molecule has 1 aromatic rings. The lowest BCUT2D eigenvalue weighted by Gasteiger charge is -2.32. The molecule has 1 aromatic heterocycles. The van der Waals surface area contributed by atoms with Crippen molar-refractivity contribution < 1.29 is 8.85 Å². The lowest BCUT2D eigenvalue weighted by Crippen LogP contribution is -2.35. The van der Waals surface area contributed by atoms with E-state index in [0.29, 0.717) is 37.5 Å². The van der Waals surface area contributed by atoms with Gasteiger partial charge in [-0.15, -0.1) is 0 Å². The monoisotopic (exact) mass is 305 g/mol. The maximum atomic E-state index is 5.67. The average molecular weight is 305 g/mol. The molecule has 1 heterocycles. The van der Waals surface area contributed by atoms with E-state index in [1.165, 1.54) is 6.20 Å². The Morgan fingerprint density at radius 1 is 1.25 bits per heavy atom. The van der Waals surface area contributed by atoms with Gasteiger partial charge in [-0.05, 0) is 19.0 Å². The van der Waals surface area contributed by atoms with Crippen LogP contribution in [-0.2, 0) is 8.85 Å². The second kappa shape index (κ2) is 8.16. The molecule has 0 unspecified atom stereocenters. The van der Waals surface area contributed by atoms with E-state index in [-0.39, 0.29) is 11.7 Å². The van der Waals surface area contributed by atoms with Crippen LogP contribution in [0.5, 0.6) is 0 Å². The van der Waals surface area contributed by atoms with E-state index in [1.54, 1.807) is 6.20 Å². The van der Waals surface area contributed by atoms with Crippen molar-refractivity contribution in [1.82, 2.24) is 9.97 Å². The van der Waals surface area contributed by atoms with Crippen LogP contribution in [0.1, 0.15) is 26.0 Å². The highest BCUT2D eigenvalue weighted by molar-refractivity contribution is 6.26. The van der Waals surface area contributed by atoms with Crippen LogP contribution in [0.4, 0.5) is 5.82 Å². The molecule has 0 aromatic carbocycles. The molecular formula is C13H19N3O2Si2. The summed E-state index contributed by atoms with van der Waals surface area (Å²) in [6.07, 6.45) is 3.49. The van der Waals surface area contributed by atoms with E-state index < -0.39 is 0 Å². The molecule has 7 heteroatoms. The SMILES string of the molecule is C[Si]OC(O[Si]C)C(C)(C)CC#Cc1cnc(N)cn1. The van der Waals surface area contributed by atoms with Crippen LogP contribution in [0.3, 0.4) is 0 Å². The molecule has 1 rings (SSSR count). The zero-order chi connectivity index (χ0) is 15.0. The number of nitrogen functional groups attached to an aromatic ring is 1. The third kappa shape index (κ3) is 5.42. The van der Waals surface area contributed by atoms with Gasteiger partial charge in [0.05, 0.1) is 12.4 Å². The van der Waals surface area contributed by atoms with Crippen molar-refractivity contribution in [1.29, 1.82) is 0 Å². The Morgan fingerprint density at radius 2 is 1.90 bits per heavy atom. The number of nitrogens with two attached hydrogens (primary N) is 1. The van der Waals surface area contributed by atoms with Crippen LogP contribution in [0.2, 0.25) is 13.1 Å². The van der Waals surface area contributed by atoms with Gasteiger partial charge in [-0.3, -0.25) is 0 Å². The summed E-state index contributed by atoms with van der Waals surface area (Å²) in [7, 11) is 0.786. The molecule has 0 aliphatic rings. The number of hydrogen-bond acceptors (Lipinski definition) is 5. The van der Waals surface area contributed by atoms with Gasteiger partial charge < -0.3 is 14.6 Å². The maximum Gasteiger partial charge on any atom is 0.229 e. The second-order valence-corrected chi connectivity index (χ2v) is 6.06. The highest BCUT2D eigenvalue weighted by atomic mass is 28.2. The largest absolute Gasteiger partial charge is 0.394 e. The fourth-order valence-electron chi connectivity index (χ4n) is 1.41. The normalized spacial score (nSPS) is 11.2. The first-order chi connectivity index (χ1) is 9.49. The van der Waals surface area contributed by atoms with Crippen molar-refractivity contribution in [3.05, 3.63) is 18.1 Å². The predicted molar refractivity (Wildman–Crippen MR) is 80.9 cm³/mol. The zero-order valence-corrected chi connectivity index (χ0v) is 14.2. The van der Waals surface area contributed by atoms with Crippen molar-refractivity contribution >= 4 is 25.3 Å². The third-order valence-corrected chi connectivity index (χ3v) is 3.42. The number of aromatic nitrogens is 2. The summed E-state index contributed by atoms with van der Waals surface area (Å²) in [6.45, 7) is 8.14. The summed E-state index contributed by atoms with van der Waals surface area (Å²) in [5.74, 6) is 6.49. The van der Waals surface area contributed by atoms with Crippen molar-refractivity contribution in [3.8, 4) is 11.8 Å². The fourth-order valence-corrected chi connectivity index (χ4v) is 2.66. The summed E-state index contributed by atoms with van der Waals surface area (Å²) < 4.78 is 11.3. The van der Waals surface area contributed by atoms with Crippen LogP contribution in [-0.4, -0.2) is 35.8 Å². The third-order valence-electron chi connectivity index (χ3n) is 2.52. The smallest absolute Gasteiger partial charge is 0.229 e. The molecule has 0 aliphatic heterocycles.